The number of fused-ring (bicyclic) bond motifs is 1. The van der Waals surface area contributed by atoms with Gasteiger partial charge in [-0.3, -0.25) is 10.2 Å². The molecule has 3 fully saturated rings. The van der Waals surface area contributed by atoms with Gasteiger partial charge in [-0.1, -0.05) is 12.1 Å². The van der Waals surface area contributed by atoms with Crippen molar-refractivity contribution in [1.29, 1.82) is 0 Å². The van der Waals surface area contributed by atoms with Crippen molar-refractivity contribution < 1.29 is 23.0 Å². The fraction of sp³-hybridized carbons (Fsp3) is 0.611. The third-order valence-electron chi connectivity index (χ3n) is 5.48. The molecule has 7 nitrogen and oxygen atoms in total. The first-order valence-electron chi connectivity index (χ1n) is 9.29. The molecule has 3 N–H and O–H groups in total. The number of amides is 1. The van der Waals surface area contributed by atoms with E-state index in [1.54, 1.807) is 23.1 Å². The van der Waals surface area contributed by atoms with Crippen molar-refractivity contribution in [3.8, 4) is 5.75 Å². The van der Waals surface area contributed by atoms with E-state index in [4.69, 9.17) is 4.74 Å². The van der Waals surface area contributed by atoms with Gasteiger partial charge in [0.15, 0.2) is 0 Å². The number of hydrogen-bond donors (Lipinski definition) is 3. The van der Waals surface area contributed by atoms with E-state index in [2.05, 4.69) is 20.9 Å². The quantitative estimate of drug-likeness (QED) is 0.710. The van der Waals surface area contributed by atoms with Crippen molar-refractivity contribution in [3.63, 3.8) is 0 Å². The van der Waals surface area contributed by atoms with Crippen LogP contribution >= 0.6 is 0 Å². The molecular weight excluding hydrogens is 358 g/mol. The average molecular weight is 382 g/mol. The summed E-state index contributed by atoms with van der Waals surface area (Å²) in [7, 11) is 0. The second-order valence-corrected chi connectivity index (χ2v) is 7.12. The maximum Gasteiger partial charge on any atom is 0.387 e. The van der Waals surface area contributed by atoms with Crippen molar-refractivity contribution in [1.82, 2.24) is 21.1 Å². The highest BCUT2D eigenvalue weighted by atomic mass is 19.3. The summed E-state index contributed by atoms with van der Waals surface area (Å²) < 4.78 is 35.1. The van der Waals surface area contributed by atoms with Gasteiger partial charge in [-0.25, -0.2) is 5.43 Å². The molecule has 148 valence electrons. The number of hydrazine groups is 1. The topological polar surface area (TPSA) is 74.9 Å². The lowest BCUT2D eigenvalue weighted by atomic mass is 9.88. The number of nitrogens with one attached hydrogen (secondary N) is 3. The van der Waals surface area contributed by atoms with Gasteiger partial charge in [0.2, 0.25) is 5.91 Å². The van der Waals surface area contributed by atoms with Gasteiger partial charge < -0.3 is 19.7 Å². The number of morpholine rings is 1. The summed E-state index contributed by atoms with van der Waals surface area (Å²) in [6.45, 7) is 0.201. The molecule has 0 bridgehead atoms. The number of halogens is 2. The molecular formula is C18H24F2N4O3. The van der Waals surface area contributed by atoms with Crippen LogP contribution in [0.2, 0.25) is 0 Å². The van der Waals surface area contributed by atoms with Gasteiger partial charge in [0.1, 0.15) is 17.9 Å². The Hall–Kier alpha value is -1.81. The maximum atomic E-state index is 13.1. The SMILES string of the molecule is O=C(C1NNC2CCNCC21)N1CCOC(c2cccc(OC(F)F)c2)C1. The minimum Gasteiger partial charge on any atom is -0.435 e. The lowest BCUT2D eigenvalue weighted by Gasteiger charge is -2.36. The molecule has 0 saturated carbocycles. The second kappa shape index (κ2) is 8.05. The normalized spacial score (nSPS) is 31.0. The van der Waals surface area contributed by atoms with Crippen molar-refractivity contribution in [2.45, 2.75) is 31.2 Å². The van der Waals surface area contributed by atoms with E-state index < -0.39 is 6.61 Å². The number of ether oxygens (including phenoxy) is 2. The molecule has 1 aromatic rings. The van der Waals surface area contributed by atoms with Gasteiger partial charge in [-0.15, -0.1) is 0 Å². The molecule has 3 aliphatic heterocycles. The molecule has 4 rings (SSSR count). The molecule has 0 aromatic heterocycles. The fourth-order valence-corrected chi connectivity index (χ4v) is 4.10. The summed E-state index contributed by atoms with van der Waals surface area (Å²) in [5.74, 6) is 0.356. The Morgan fingerprint density at radius 1 is 1.33 bits per heavy atom. The van der Waals surface area contributed by atoms with Gasteiger partial charge in [-0.05, 0) is 30.7 Å². The Labute approximate surface area is 156 Å². The molecule has 4 unspecified atom stereocenters. The molecule has 4 atom stereocenters. The number of carbonyl (C=O) groups is 1. The number of rotatable bonds is 4. The van der Waals surface area contributed by atoms with E-state index in [0.717, 1.165) is 25.1 Å². The number of carbonyl (C=O) groups excluding carboxylic acids is 1. The van der Waals surface area contributed by atoms with Crippen LogP contribution in [-0.2, 0) is 9.53 Å². The molecule has 0 aliphatic carbocycles. The van der Waals surface area contributed by atoms with E-state index in [9.17, 15) is 13.6 Å². The van der Waals surface area contributed by atoms with Crippen molar-refractivity contribution in [3.05, 3.63) is 29.8 Å². The molecule has 0 spiro atoms. The minimum absolute atomic E-state index is 0.0481. The van der Waals surface area contributed by atoms with E-state index in [-0.39, 0.29) is 29.7 Å². The van der Waals surface area contributed by atoms with E-state index >= 15 is 0 Å². The Balaban J connectivity index is 1.43. The zero-order valence-electron chi connectivity index (χ0n) is 14.9. The number of alkyl halides is 2. The Morgan fingerprint density at radius 3 is 3.07 bits per heavy atom. The Bertz CT molecular complexity index is 678. The summed E-state index contributed by atoms with van der Waals surface area (Å²) in [5, 5.41) is 3.35. The van der Waals surface area contributed by atoms with Crippen LogP contribution in [-0.4, -0.2) is 62.3 Å². The van der Waals surface area contributed by atoms with Gasteiger partial charge in [0.05, 0.1) is 13.2 Å². The summed E-state index contributed by atoms with van der Waals surface area (Å²) >= 11 is 0. The number of benzene rings is 1. The first-order valence-corrected chi connectivity index (χ1v) is 9.29. The largest absolute Gasteiger partial charge is 0.435 e. The molecule has 27 heavy (non-hydrogen) atoms. The van der Waals surface area contributed by atoms with Crippen LogP contribution in [0, 0.1) is 5.92 Å². The van der Waals surface area contributed by atoms with Crippen molar-refractivity contribution in [2.24, 2.45) is 5.92 Å². The standard InChI is InChI=1S/C18H24F2N4O3/c19-18(20)27-12-3-1-2-11(8-12)15-10-24(6-7-26-15)17(25)16-13-9-21-5-4-14(13)22-23-16/h1-3,8,13-16,18,21-23H,4-7,9-10H2. The second-order valence-electron chi connectivity index (χ2n) is 7.12. The Kier molecular flexibility index (Phi) is 5.53. The minimum atomic E-state index is -2.87. The third-order valence-corrected chi connectivity index (χ3v) is 5.48. The lowest BCUT2D eigenvalue weighted by molar-refractivity contribution is -0.142. The molecule has 3 heterocycles. The Morgan fingerprint density at radius 2 is 2.22 bits per heavy atom. The summed E-state index contributed by atoms with van der Waals surface area (Å²) in [6.07, 6.45) is 0.628. The first kappa shape index (κ1) is 18.5. The van der Waals surface area contributed by atoms with E-state index in [1.165, 1.54) is 6.07 Å². The monoisotopic (exact) mass is 382 g/mol. The molecule has 3 saturated heterocycles. The molecule has 3 aliphatic rings. The van der Waals surface area contributed by atoms with Crippen molar-refractivity contribution >= 4 is 5.91 Å². The van der Waals surface area contributed by atoms with E-state index in [1.807, 2.05) is 0 Å². The lowest BCUT2D eigenvalue weighted by Crippen LogP contribution is -2.53. The average Bonchev–Trinajstić information content (AvgIpc) is 3.11. The van der Waals surface area contributed by atoms with Crippen LogP contribution in [0.4, 0.5) is 8.78 Å². The van der Waals surface area contributed by atoms with Gasteiger partial charge in [-0.2, -0.15) is 8.78 Å². The highest BCUT2D eigenvalue weighted by molar-refractivity contribution is 5.83. The summed E-state index contributed by atoms with van der Waals surface area (Å²) in [4.78, 5) is 14.9. The van der Waals surface area contributed by atoms with Crippen LogP contribution in [0.15, 0.2) is 24.3 Å². The van der Waals surface area contributed by atoms with Gasteiger partial charge >= 0.3 is 6.61 Å². The van der Waals surface area contributed by atoms with Gasteiger partial charge in [0, 0.05) is 25.0 Å². The zero-order valence-corrected chi connectivity index (χ0v) is 14.9. The predicted octanol–water partition coefficient (Wildman–Crippen LogP) is 0.642. The first-order chi connectivity index (χ1) is 13.1. The maximum absolute atomic E-state index is 13.1. The summed E-state index contributed by atoms with van der Waals surface area (Å²) in [5.41, 5.74) is 7.12. The number of hydrogen-bond acceptors (Lipinski definition) is 6. The van der Waals surface area contributed by atoms with Crippen LogP contribution in [0.1, 0.15) is 18.1 Å². The van der Waals surface area contributed by atoms with Crippen LogP contribution in [0.25, 0.3) is 0 Å². The number of piperidine rings is 1. The molecule has 0 radical (unpaired) electrons. The molecule has 1 aromatic carbocycles. The fourth-order valence-electron chi connectivity index (χ4n) is 4.10. The third kappa shape index (κ3) is 4.06. The predicted molar refractivity (Wildman–Crippen MR) is 93.2 cm³/mol. The number of nitrogens with zero attached hydrogens (tertiary/aromatic N) is 1. The van der Waals surface area contributed by atoms with Crippen LogP contribution < -0.4 is 20.9 Å². The molecule has 1 amide bonds. The van der Waals surface area contributed by atoms with Crippen molar-refractivity contribution in [2.75, 3.05) is 32.8 Å². The molecule has 9 heteroatoms. The van der Waals surface area contributed by atoms with E-state index in [0.29, 0.717) is 25.7 Å². The zero-order chi connectivity index (χ0) is 18.8. The highest BCUT2D eigenvalue weighted by Gasteiger charge is 2.43. The van der Waals surface area contributed by atoms with Gasteiger partial charge in [0.25, 0.3) is 0 Å². The van der Waals surface area contributed by atoms with Crippen LogP contribution in [0.5, 0.6) is 5.75 Å². The smallest absolute Gasteiger partial charge is 0.387 e. The van der Waals surface area contributed by atoms with Crippen LogP contribution in [0.3, 0.4) is 0 Å². The highest BCUT2D eigenvalue weighted by Crippen LogP contribution is 2.28. The summed E-state index contributed by atoms with van der Waals surface area (Å²) in [6, 6.07) is 6.51.